The number of hydrogen-bond donors (Lipinski definition) is 2. The van der Waals surface area contributed by atoms with Crippen molar-refractivity contribution in [3.05, 3.63) is 83.4 Å². The molecule has 0 bridgehead atoms. The highest BCUT2D eigenvalue weighted by molar-refractivity contribution is 5.87. The predicted octanol–water partition coefficient (Wildman–Crippen LogP) is 4.88. The average Bonchev–Trinajstić information content (AvgIpc) is 3.18. The zero-order valence-corrected chi connectivity index (χ0v) is 19.4. The number of amides is 1. The predicted molar refractivity (Wildman–Crippen MR) is 130 cm³/mol. The first-order valence-corrected chi connectivity index (χ1v) is 12.0. The molecule has 2 aromatic rings. The molecule has 0 spiro atoms. The third-order valence-electron chi connectivity index (χ3n) is 6.55. The molecule has 33 heavy (non-hydrogen) atoms. The standard InChI is InChI=1S/C28H35NO4/c1-21(7-5-6-10-22-8-3-2-4-9-22)26(30)17-15-25-16-18-27(31)29(25)20-19-23-11-13-24(14-12-23)28(32)33/h2-4,8-9,11-15,17,21,25-26,30H,5-7,10,16,18-20H2,1H3,(H,32,33)/t21-,25-,26+/m0/s1. The first-order valence-electron chi connectivity index (χ1n) is 12.0. The van der Waals surface area contributed by atoms with Crippen molar-refractivity contribution in [2.24, 2.45) is 5.92 Å². The van der Waals surface area contributed by atoms with Crippen molar-refractivity contribution < 1.29 is 19.8 Å². The van der Waals surface area contributed by atoms with Gasteiger partial charge in [-0.05, 0) is 61.3 Å². The molecule has 5 nitrogen and oxygen atoms in total. The number of likely N-dealkylation sites (tertiary alicyclic amines) is 1. The van der Waals surface area contributed by atoms with Gasteiger partial charge in [0.1, 0.15) is 0 Å². The Morgan fingerprint density at radius 3 is 2.45 bits per heavy atom. The van der Waals surface area contributed by atoms with Gasteiger partial charge in [-0.3, -0.25) is 4.79 Å². The molecule has 0 aliphatic carbocycles. The van der Waals surface area contributed by atoms with E-state index in [2.05, 4.69) is 31.2 Å². The number of hydrogen-bond acceptors (Lipinski definition) is 3. The first kappa shape index (κ1) is 24.7. The van der Waals surface area contributed by atoms with E-state index in [1.807, 2.05) is 23.1 Å². The van der Waals surface area contributed by atoms with E-state index in [0.29, 0.717) is 19.4 Å². The number of aryl methyl sites for hydroxylation is 1. The molecular weight excluding hydrogens is 414 g/mol. The van der Waals surface area contributed by atoms with Crippen molar-refractivity contribution in [2.75, 3.05) is 6.54 Å². The van der Waals surface area contributed by atoms with E-state index in [1.54, 1.807) is 24.3 Å². The fourth-order valence-electron chi connectivity index (χ4n) is 4.35. The highest BCUT2D eigenvalue weighted by Gasteiger charge is 2.29. The van der Waals surface area contributed by atoms with Crippen LogP contribution in [-0.4, -0.2) is 45.7 Å². The molecule has 1 amide bonds. The summed E-state index contributed by atoms with van der Waals surface area (Å²) in [5.74, 6) is -0.629. The van der Waals surface area contributed by atoms with Crippen LogP contribution in [0.1, 0.15) is 60.5 Å². The van der Waals surface area contributed by atoms with Gasteiger partial charge in [-0.1, -0.05) is 68.0 Å². The minimum atomic E-state index is -0.939. The van der Waals surface area contributed by atoms with Crippen LogP contribution < -0.4 is 0 Å². The second-order valence-corrected chi connectivity index (χ2v) is 9.03. The second-order valence-electron chi connectivity index (χ2n) is 9.03. The lowest BCUT2D eigenvalue weighted by molar-refractivity contribution is -0.128. The Labute approximate surface area is 196 Å². The van der Waals surface area contributed by atoms with Gasteiger partial charge in [0.15, 0.2) is 0 Å². The smallest absolute Gasteiger partial charge is 0.335 e. The van der Waals surface area contributed by atoms with Gasteiger partial charge in [0.25, 0.3) is 0 Å². The van der Waals surface area contributed by atoms with Gasteiger partial charge in [0.05, 0.1) is 17.7 Å². The Bertz CT molecular complexity index is 923. The molecule has 0 aromatic heterocycles. The van der Waals surface area contributed by atoms with Crippen LogP contribution in [0.5, 0.6) is 0 Å². The van der Waals surface area contributed by atoms with Gasteiger partial charge in [0.2, 0.25) is 5.91 Å². The maximum absolute atomic E-state index is 12.4. The summed E-state index contributed by atoms with van der Waals surface area (Å²) in [6.07, 6.45) is 9.54. The summed E-state index contributed by atoms with van der Waals surface area (Å²) in [4.78, 5) is 25.2. The first-order chi connectivity index (χ1) is 15.9. The Morgan fingerprint density at radius 1 is 1.06 bits per heavy atom. The molecule has 1 fully saturated rings. The zero-order valence-electron chi connectivity index (χ0n) is 19.4. The number of nitrogens with zero attached hydrogens (tertiary/aromatic N) is 1. The number of aromatic carboxylic acids is 1. The molecule has 0 saturated carbocycles. The maximum atomic E-state index is 12.4. The summed E-state index contributed by atoms with van der Waals surface area (Å²) in [6.45, 7) is 2.67. The molecule has 0 radical (unpaired) electrons. The molecule has 2 aromatic carbocycles. The summed E-state index contributed by atoms with van der Waals surface area (Å²) in [6, 6.07) is 17.3. The maximum Gasteiger partial charge on any atom is 0.335 e. The summed E-state index contributed by atoms with van der Waals surface area (Å²) in [7, 11) is 0. The normalized spacial score (nSPS) is 18.1. The van der Waals surface area contributed by atoms with Gasteiger partial charge in [-0.25, -0.2) is 4.79 Å². The molecule has 1 aliphatic rings. The van der Waals surface area contributed by atoms with Crippen LogP contribution in [0, 0.1) is 5.92 Å². The molecule has 2 N–H and O–H groups in total. The number of benzene rings is 2. The third kappa shape index (κ3) is 7.57. The molecule has 1 saturated heterocycles. The lowest BCUT2D eigenvalue weighted by Crippen LogP contribution is -2.34. The van der Waals surface area contributed by atoms with Crippen molar-refractivity contribution in [2.45, 2.75) is 64.0 Å². The van der Waals surface area contributed by atoms with Crippen molar-refractivity contribution in [1.82, 2.24) is 4.90 Å². The molecule has 3 rings (SSSR count). The number of carboxylic acids is 1. The van der Waals surface area contributed by atoms with Gasteiger partial charge >= 0.3 is 5.97 Å². The van der Waals surface area contributed by atoms with E-state index in [1.165, 1.54) is 5.56 Å². The molecule has 5 heteroatoms. The number of aliphatic hydroxyl groups is 1. The van der Waals surface area contributed by atoms with E-state index in [0.717, 1.165) is 37.7 Å². The van der Waals surface area contributed by atoms with Crippen molar-refractivity contribution in [3.63, 3.8) is 0 Å². The summed E-state index contributed by atoms with van der Waals surface area (Å²) in [5, 5.41) is 19.6. The minimum Gasteiger partial charge on any atom is -0.478 e. The van der Waals surface area contributed by atoms with Crippen LogP contribution in [0.2, 0.25) is 0 Å². The quantitative estimate of drug-likeness (QED) is 0.357. The fraction of sp³-hybridized carbons (Fsp3) is 0.429. The Morgan fingerprint density at radius 2 is 1.76 bits per heavy atom. The Balaban J connectivity index is 1.43. The van der Waals surface area contributed by atoms with E-state index >= 15 is 0 Å². The van der Waals surface area contributed by atoms with E-state index in [-0.39, 0.29) is 23.4 Å². The molecule has 3 atom stereocenters. The lowest BCUT2D eigenvalue weighted by atomic mass is 9.95. The van der Waals surface area contributed by atoms with Gasteiger partial charge in [0, 0.05) is 13.0 Å². The average molecular weight is 450 g/mol. The summed E-state index contributed by atoms with van der Waals surface area (Å²) >= 11 is 0. The highest BCUT2D eigenvalue weighted by Crippen LogP contribution is 2.22. The van der Waals surface area contributed by atoms with Crippen LogP contribution in [-0.2, 0) is 17.6 Å². The largest absolute Gasteiger partial charge is 0.478 e. The Kier molecular flexibility index (Phi) is 9.25. The Hall–Kier alpha value is -2.92. The van der Waals surface area contributed by atoms with Crippen LogP contribution >= 0.6 is 0 Å². The third-order valence-corrected chi connectivity index (χ3v) is 6.55. The van der Waals surface area contributed by atoms with Gasteiger partial charge < -0.3 is 15.1 Å². The van der Waals surface area contributed by atoms with Crippen molar-refractivity contribution in [1.29, 1.82) is 0 Å². The molecular formula is C28H35NO4. The van der Waals surface area contributed by atoms with Crippen LogP contribution in [0.15, 0.2) is 66.7 Å². The number of rotatable bonds is 12. The SMILES string of the molecule is C[C@@H](CCCCc1ccccc1)[C@H](O)C=C[C@H]1CCC(=O)N1CCc1ccc(C(=O)O)cc1. The summed E-state index contributed by atoms with van der Waals surface area (Å²) < 4.78 is 0. The van der Waals surface area contributed by atoms with Crippen LogP contribution in [0.3, 0.4) is 0 Å². The lowest BCUT2D eigenvalue weighted by Gasteiger charge is -2.23. The zero-order chi connectivity index (χ0) is 23.6. The number of carbonyl (C=O) groups excluding carboxylic acids is 1. The van der Waals surface area contributed by atoms with Crippen LogP contribution in [0.4, 0.5) is 0 Å². The van der Waals surface area contributed by atoms with Gasteiger partial charge in [-0.15, -0.1) is 0 Å². The monoisotopic (exact) mass is 449 g/mol. The topological polar surface area (TPSA) is 77.8 Å². The molecule has 1 aliphatic heterocycles. The number of carbonyl (C=O) groups is 2. The molecule has 176 valence electrons. The molecule has 1 heterocycles. The number of unbranched alkanes of at least 4 members (excludes halogenated alkanes) is 1. The van der Waals surface area contributed by atoms with Crippen molar-refractivity contribution >= 4 is 11.9 Å². The summed E-state index contributed by atoms with van der Waals surface area (Å²) in [5.41, 5.74) is 2.63. The fourth-order valence-corrected chi connectivity index (χ4v) is 4.35. The number of aliphatic hydroxyl groups excluding tert-OH is 1. The van der Waals surface area contributed by atoms with Crippen LogP contribution in [0.25, 0.3) is 0 Å². The van der Waals surface area contributed by atoms with Crippen molar-refractivity contribution in [3.8, 4) is 0 Å². The second kappa shape index (κ2) is 12.4. The van der Waals surface area contributed by atoms with E-state index < -0.39 is 12.1 Å². The number of carboxylic acid groups (broad SMARTS) is 1. The minimum absolute atomic E-state index is 0.00993. The van der Waals surface area contributed by atoms with E-state index in [4.69, 9.17) is 5.11 Å². The highest BCUT2D eigenvalue weighted by atomic mass is 16.4. The van der Waals surface area contributed by atoms with E-state index in [9.17, 15) is 14.7 Å². The molecule has 0 unspecified atom stereocenters. The van der Waals surface area contributed by atoms with Gasteiger partial charge in [-0.2, -0.15) is 0 Å².